The first-order valence-electron chi connectivity index (χ1n) is 4.30. The minimum Gasteiger partial charge on any atom is -0.478 e. The number of aliphatic carboxylic acids is 1. The molecule has 0 atom stereocenters. The lowest BCUT2D eigenvalue weighted by Crippen LogP contribution is -2.06. The Morgan fingerprint density at radius 2 is 1.67 bits per heavy atom. The molecule has 0 aliphatic carbocycles. The van der Waals surface area contributed by atoms with E-state index in [2.05, 4.69) is 0 Å². The van der Waals surface area contributed by atoms with Crippen LogP contribution < -0.4 is 0 Å². The molecular weight excluding hydrogens is 196 g/mol. The number of hydrogen-bond acceptors (Lipinski definition) is 2. The normalized spacial score (nSPS) is 11.1. The van der Waals surface area contributed by atoms with E-state index in [-0.39, 0.29) is 16.7 Å². The van der Waals surface area contributed by atoms with Gasteiger partial charge in [-0.3, -0.25) is 0 Å². The molecule has 1 rings (SSSR count). The lowest BCUT2D eigenvalue weighted by Gasteiger charge is -2.05. The van der Waals surface area contributed by atoms with E-state index in [4.69, 9.17) is 10.2 Å². The molecule has 2 N–H and O–H groups in total. The van der Waals surface area contributed by atoms with E-state index in [0.717, 1.165) is 0 Å². The Kier molecular flexibility index (Phi) is 3.23. The lowest BCUT2D eigenvalue weighted by molar-refractivity contribution is -0.130. The Bertz CT molecular complexity index is 432. The summed E-state index contributed by atoms with van der Waals surface area (Å²) in [7, 11) is 0. The second-order valence-corrected chi connectivity index (χ2v) is 2.86. The Labute approximate surface area is 86.5 Å². The minimum absolute atomic E-state index is 0.00648. The van der Waals surface area contributed by atoms with E-state index >= 15 is 0 Å². The molecule has 4 heteroatoms. The molecule has 0 fully saturated rings. The van der Waals surface area contributed by atoms with Crippen molar-refractivity contribution < 1.29 is 19.8 Å². The predicted molar refractivity (Wildman–Crippen MR) is 54.7 cm³/mol. The molecule has 4 nitrogen and oxygen atoms in total. The highest BCUT2D eigenvalue weighted by molar-refractivity contribution is 6.17. The molecule has 0 amide bonds. The highest BCUT2D eigenvalue weighted by atomic mass is 16.4. The molecule has 0 saturated heterocycles. The molecule has 1 aromatic rings. The van der Waals surface area contributed by atoms with Crippen molar-refractivity contribution in [1.29, 1.82) is 0 Å². The van der Waals surface area contributed by atoms with Gasteiger partial charge in [-0.25, -0.2) is 9.59 Å². The number of allylic oxidation sites excluding steroid dienone is 1. The Hall–Kier alpha value is -2.10. The molecule has 78 valence electrons. The highest BCUT2D eigenvalue weighted by Gasteiger charge is 2.16. The van der Waals surface area contributed by atoms with Crippen molar-refractivity contribution in [3.63, 3.8) is 0 Å². The minimum atomic E-state index is -1.13. The maximum Gasteiger partial charge on any atom is 0.336 e. The van der Waals surface area contributed by atoms with Gasteiger partial charge in [-0.15, -0.1) is 0 Å². The number of hydrogen-bond donors (Lipinski definition) is 2. The van der Waals surface area contributed by atoms with E-state index < -0.39 is 11.9 Å². The second kappa shape index (κ2) is 4.41. The summed E-state index contributed by atoms with van der Waals surface area (Å²) in [5.41, 5.74) is 0.209. The fourth-order valence-electron chi connectivity index (χ4n) is 1.30. The fourth-order valence-corrected chi connectivity index (χ4v) is 1.30. The van der Waals surface area contributed by atoms with E-state index in [1.54, 1.807) is 19.1 Å². The summed E-state index contributed by atoms with van der Waals surface area (Å²) in [4.78, 5) is 21.7. The largest absolute Gasteiger partial charge is 0.478 e. The zero-order valence-electron chi connectivity index (χ0n) is 8.10. The van der Waals surface area contributed by atoms with Crippen LogP contribution in [0, 0.1) is 0 Å². The Balaban J connectivity index is 3.36. The van der Waals surface area contributed by atoms with Gasteiger partial charge in [-0.2, -0.15) is 0 Å². The van der Waals surface area contributed by atoms with Crippen molar-refractivity contribution in [1.82, 2.24) is 0 Å². The summed E-state index contributed by atoms with van der Waals surface area (Å²) in [5, 5.41) is 17.7. The molecule has 0 spiro atoms. The number of rotatable bonds is 3. The zero-order valence-corrected chi connectivity index (χ0v) is 8.10. The average molecular weight is 206 g/mol. The van der Waals surface area contributed by atoms with Crippen molar-refractivity contribution in [2.75, 3.05) is 0 Å². The SMILES string of the molecule is C/C=C(/C(=O)O)c1ccccc1C(=O)O. The summed E-state index contributed by atoms with van der Waals surface area (Å²) in [6.45, 7) is 1.56. The van der Waals surface area contributed by atoms with Crippen LogP contribution in [-0.4, -0.2) is 22.2 Å². The third kappa shape index (κ3) is 2.22. The topological polar surface area (TPSA) is 74.6 Å². The van der Waals surface area contributed by atoms with Crippen LogP contribution in [0.15, 0.2) is 30.3 Å². The number of benzene rings is 1. The first-order valence-corrected chi connectivity index (χ1v) is 4.30. The smallest absolute Gasteiger partial charge is 0.336 e. The summed E-state index contributed by atoms with van der Waals surface area (Å²) in [6, 6.07) is 6.02. The third-order valence-corrected chi connectivity index (χ3v) is 1.97. The highest BCUT2D eigenvalue weighted by Crippen LogP contribution is 2.19. The molecule has 0 radical (unpaired) electrons. The molecule has 0 bridgehead atoms. The van der Waals surface area contributed by atoms with Crippen molar-refractivity contribution in [2.45, 2.75) is 6.92 Å². The number of carboxylic acid groups (broad SMARTS) is 2. The number of carbonyl (C=O) groups is 2. The van der Waals surface area contributed by atoms with Crippen molar-refractivity contribution >= 4 is 17.5 Å². The van der Waals surface area contributed by atoms with Gasteiger partial charge in [0.15, 0.2) is 0 Å². The molecule has 1 aromatic carbocycles. The van der Waals surface area contributed by atoms with Crippen LogP contribution in [-0.2, 0) is 4.79 Å². The average Bonchev–Trinajstić information content (AvgIpc) is 2.18. The van der Waals surface area contributed by atoms with Gasteiger partial charge < -0.3 is 10.2 Å². The maximum absolute atomic E-state index is 10.8. The van der Waals surface area contributed by atoms with Crippen LogP contribution in [0.5, 0.6) is 0 Å². The summed E-state index contributed by atoms with van der Waals surface area (Å²) < 4.78 is 0. The molecule has 15 heavy (non-hydrogen) atoms. The van der Waals surface area contributed by atoms with Gasteiger partial charge >= 0.3 is 11.9 Å². The van der Waals surface area contributed by atoms with Crippen LogP contribution in [0.3, 0.4) is 0 Å². The molecule has 0 heterocycles. The van der Waals surface area contributed by atoms with Gasteiger partial charge in [0, 0.05) is 5.56 Å². The monoisotopic (exact) mass is 206 g/mol. The molecular formula is C11H10O4. The zero-order chi connectivity index (χ0) is 11.4. The van der Waals surface area contributed by atoms with E-state index in [0.29, 0.717) is 0 Å². The van der Waals surface area contributed by atoms with Crippen molar-refractivity contribution in [3.8, 4) is 0 Å². The number of carboxylic acids is 2. The molecule has 0 aliphatic heterocycles. The van der Waals surface area contributed by atoms with Gasteiger partial charge in [-0.05, 0) is 13.0 Å². The molecule has 0 unspecified atom stereocenters. The van der Waals surface area contributed by atoms with Crippen molar-refractivity contribution in [3.05, 3.63) is 41.5 Å². The second-order valence-electron chi connectivity index (χ2n) is 2.86. The number of aromatic carboxylic acids is 1. The summed E-state index contributed by atoms with van der Waals surface area (Å²) >= 11 is 0. The van der Waals surface area contributed by atoms with Crippen molar-refractivity contribution in [2.24, 2.45) is 0 Å². The first-order chi connectivity index (χ1) is 7.07. The molecule has 0 aliphatic rings. The first kappa shape index (κ1) is 11.0. The quantitative estimate of drug-likeness (QED) is 0.740. The van der Waals surface area contributed by atoms with Crippen LogP contribution in [0.2, 0.25) is 0 Å². The summed E-state index contributed by atoms with van der Waals surface area (Å²) in [5.74, 6) is -2.27. The molecule has 0 aromatic heterocycles. The van der Waals surface area contributed by atoms with Gasteiger partial charge in [0.2, 0.25) is 0 Å². The van der Waals surface area contributed by atoms with Gasteiger partial charge in [0.25, 0.3) is 0 Å². The van der Waals surface area contributed by atoms with Gasteiger partial charge in [0.05, 0.1) is 11.1 Å². The van der Waals surface area contributed by atoms with Crippen LogP contribution in [0.1, 0.15) is 22.8 Å². The third-order valence-electron chi connectivity index (χ3n) is 1.97. The Morgan fingerprint density at radius 3 is 2.07 bits per heavy atom. The molecule has 0 saturated carbocycles. The fraction of sp³-hybridized carbons (Fsp3) is 0.0909. The van der Waals surface area contributed by atoms with Gasteiger partial charge in [0.1, 0.15) is 0 Å². The lowest BCUT2D eigenvalue weighted by atomic mass is 10.00. The predicted octanol–water partition coefficient (Wildman–Crippen LogP) is 1.87. The maximum atomic E-state index is 10.8. The summed E-state index contributed by atoms with van der Waals surface area (Å²) in [6.07, 6.45) is 1.38. The van der Waals surface area contributed by atoms with Crippen LogP contribution in [0.4, 0.5) is 0 Å². The van der Waals surface area contributed by atoms with E-state index in [1.807, 2.05) is 0 Å². The van der Waals surface area contributed by atoms with E-state index in [9.17, 15) is 9.59 Å². The standard InChI is InChI=1S/C11H10O4/c1-2-7(10(12)13)8-5-3-4-6-9(8)11(14)15/h2-6H,1H3,(H,12,13)(H,14,15)/b7-2+. The van der Waals surface area contributed by atoms with Crippen LogP contribution in [0.25, 0.3) is 5.57 Å². The van der Waals surface area contributed by atoms with Gasteiger partial charge in [-0.1, -0.05) is 24.3 Å². The van der Waals surface area contributed by atoms with E-state index in [1.165, 1.54) is 18.2 Å². The Morgan fingerprint density at radius 1 is 1.13 bits per heavy atom. The van der Waals surface area contributed by atoms with Crippen LogP contribution >= 0.6 is 0 Å².